The quantitative estimate of drug-likeness (QED) is 0.0936. The highest BCUT2D eigenvalue weighted by atomic mass is 31.2. The van der Waals surface area contributed by atoms with Gasteiger partial charge in [-0.2, -0.15) is 0 Å². The molecule has 0 saturated carbocycles. The van der Waals surface area contributed by atoms with Gasteiger partial charge in [0, 0.05) is 43.2 Å². The van der Waals surface area contributed by atoms with E-state index in [1.807, 2.05) is 65.6 Å². The van der Waals surface area contributed by atoms with Gasteiger partial charge >= 0.3 is 0 Å². The number of hydrogen-bond donors (Lipinski definition) is 0. The molecule has 0 fully saturated rings. The minimum absolute atomic E-state index is 0.0376. The summed E-state index contributed by atoms with van der Waals surface area (Å²) in [4.78, 5) is 31.4. The first-order valence-corrected chi connectivity index (χ1v) is 19.0. The summed E-state index contributed by atoms with van der Waals surface area (Å²) in [5.41, 5.74) is -0.591. The smallest absolute Gasteiger partial charge is 0.233 e. The molecule has 0 spiro atoms. The molecule has 2 aromatic carbocycles. The van der Waals surface area contributed by atoms with Crippen LogP contribution in [0.1, 0.15) is 118 Å². The maximum absolute atomic E-state index is 15.4. The van der Waals surface area contributed by atoms with Crippen molar-refractivity contribution in [3.8, 4) is 0 Å². The Hall–Kier alpha value is -2.39. The Morgan fingerprint density at radius 2 is 1.00 bits per heavy atom. The van der Waals surface area contributed by atoms with Crippen LogP contribution in [-0.4, -0.2) is 53.5 Å². The molecule has 0 aromatic heterocycles. The second-order valence-electron chi connectivity index (χ2n) is 11.9. The molecule has 2 amide bonds. The average Bonchev–Trinajstić information content (AvgIpc) is 3.04. The minimum atomic E-state index is -3.27. The van der Waals surface area contributed by atoms with Crippen LogP contribution in [0.25, 0.3) is 0 Å². The van der Waals surface area contributed by atoms with Gasteiger partial charge in [-0.1, -0.05) is 133 Å². The molecule has 0 aliphatic carbocycles. The zero-order chi connectivity index (χ0) is 31.3. The van der Waals surface area contributed by atoms with Crippen molar-refractivity contribution >= 4 is 29.6 Å². The van der Waals surface area contributed by atoms with Gasteiger partial charge in [0.05, 0.1) is 5.66 Å². The molecule has 43 heavy (non-hydrogen) atoms. The highest BCUT2D eigenvalue weighted by Gasteiger charge is 2.42. The van der Waals surface area contributed by atoms with E-state index < -0.39 is 12.8 Å². The van der Waals surface area contributed by atoms with Crippen LogP contribution < -0.4 is 10.6 Å². The van der Waals surface area contributed by atoms with E-state index in [1.165, 1.54) is 0 Å². The molecule has 1 unspecified atom stereocenters. The van der Waals surface area contributed by atoms with Gasteiger partial charge in [-0.15, -0.1) is 0 Å². The predicted octanol–water partition coefficient (Wildman–Crippen LogP) is 8.57. The highest BCUT2D eigenvalue weighted by molar-refractivity contribution is 7.80. The Kier molecular flexibility index (Phi) is 18.3. The lowest BCUT2D eigenvalue weighted by molar-refractivity contribution is -0.132. The molecule has 240 valence electrons. The first-order valence-electron chi connectivity index (χ1n) is 17.2. The van der Waals surface area contributed by atoms with E-state index >= 15 is 4.57 Å². The fraction of sp³-hybridized carbons (Fsp3) is 0.622. The number of hydrogen-bond acceptors (Lipinski definition) is 3. The summed E-state index contributed by atoms with van der Waals surface area (Å²) in [6, 6.07) is 19.3. The Morgan fingerprint density at radius 3 is 1.44 bits per heavy atom. The van der Waals surface area contributed by atoms with Crippen LogP contribution >= 0.6 is 7.14 Å². The van der Waals surface area contributed by atoms with Crippen LogP contribution in [0.5, 0.6) is 0 Å². The van der Waals surface area contributed by atoms with E-state index in [9.17, 15) is 9.59 Å². The fourth-order valence-corrected chi connectivity index (χ4v) is 8.96. The molecule has 0 heterocycles. The molecule has 6 heteroatoms. The summed E-state index contributed by atoms with van der Waals surface area (Å²) in [7, 11) is -3.27. The van der Waals surface area contributed by atoms with Gasteiger partial charge in [0.25, 0.3) is 0 Å². The number of unbranched alkanes of at least 4 members (excludes halogenated alkanes) is 7. The van der Waals surface area contributed by atoms with E-state index in [2.05, 4.69) is 32.6 Å². The molecule has 0 bridgehead atoms. The first kappa shape index (κ1) is 36.8. The first-order chi connectivity index (χ1) is 20.9. The molecule has 0 N–H and O–H groups in total. The van der Waals surface area contributed by atoms with Crippen LogP contribution in [0.3, 0.4) is 0 Å². The number of amides is 2. The molecule has 0 aliphatic rings. The molecule has 2 rings (SSSR count). The maximum atomic E-state index is 15.4. The fourth-order valence-electron chi connectivity index (χ4n) is 5.69. The van der Waals surface area contributed by atoms with Gasteiger partial charge in [0.2, 0.25) is 11.8 Å². The van der Waals surface area contributed by atoms with Crippen molar-refractivity contribution in [1.82, 2.24) is 9.80 Å². The zero-order valence-electron chi connectivity index (χ0n) is 27.6. The molecule has 1 atom stereocenters. The van der Waals surface area contributed by atoms with Crippen molar-refractivity contribution < 1.29 is 14.2 Å². The van der Waals surface area contributed by atoms with Gasteiger partial charge in [0.15, 0.2) is 7.14 Å². The zero-order valence-corrected chi connectivity index (χ0v) is 28.5. The topological polar surface area (TPSA) is 57.7 Å². The van der Waals surface area contributed by atoms with Gasteiger partial charge in [-0.25, -0.2) is 0 Å². The Balaban J connectivity index is 2.22. The van der Waals surface area contributed by atoms with E-state index in [4.69, 9.17) is 0 Å². The third-order valence-electron chi connectivity index (χ3n) is 8.41. The van der Waals surface area contributed by atoms with Crippen molar-refractivity contribution in [3.63, 3.8) is 0 Å². The van der Waals surface area contributed by atoms with E-state index in [0.717, 1.165) is 101 Å². The summed E-state index contributed by atoms with van der Waals surface area (Å²) < 4.78 is 15.4. The van der Waals surface area contributed by atoms with Crippen LogP contribution in [0, 0.1) is 0 Å². The van der Waals surface area contributed by atoms with Gasteiger partial charge in [-0.05, 0) is 38.5 Å². The summed E-state index contributed by atoms with van der Waals surface area (Å²) >= 11 is 0. The molecular formula is C37H59N2O3P. The minimum Gasteiger partial charge on any atom is -0.343 e. The standard InChI is InChI=1S/C37H59N2O3P/c1-5-9-29-38(30-10-6-2)36(40)28-22-14-13-21-27-35(37(41)39(31-11-7-3)32-12-8-4)43(42,33-23-17-15-18-24-33)34-25-19-16-20-26-34/h15-20,23-26,35H,5-14,21-22,27-32H2,1-4H3. The summed E-state index contributed by atoms with van der Waals surface area (Å²) in [5.74, 6) is 0.311. The predicted molar refractivity (Wildman–Crippen MR) is 184 cm³/mol. The summed E-state index contributed by atoms with van der Waals surface area (Å²) in [6.07, 6.45) is 13.0. The van der Waals surface area contributed by atoms with Crippen LogP contribution in [-0.2, 0) is 14.2 Å². The second-order valence-corrected chi connectivity index (χ2v) is 14.9. The maximum Gasteiger partial charge on any atom is 0.233 e. The third kappa shape index (κ3) is 11.9. The summed E-state index contributed by atoms with van der Waals surface area (Å²) in [5, 5.41) is 1.52. The van der Waals surface area contributed by atoms with E-state index in [-0.39, 0.29) is 11.8 Å². The molecular weight excluding hydrogens is 551 g/mol. The number of benzene rings is 2. The van der Waals surface area contributed by atoms with E-state index in [1.54, 1.807) is 0 Å². The number of carbonyl (C=O) groups is 2. The normalized spacial score (nSPS) is 12.2. The van der Waals surface area contributed by atoms with Crippen molar-refractivity contribution in [3.05, 3.63) is 60.7 Å². The van der Waals surface area contributed by atoms with Crippen LogP contribution in [0.15, 0.2) is 60.7 Å². The monoisotopic (exact) mass is 610 g/mol. The Bertz CT molecular complexity index is 1020. The van der Waals surface area contributed by atoms with Gasteiger partial charge < -0.3 is 14.4 Å². The van der Waals surface area contributed by atoms with Crippen LogP contribution in [0.4, 0.5) is 0 Å². The molecule has 2 aromatic rings. The summed E-state index contributed by atoms with van der Waals surface area (Å²) in [6.45, 7) is 11.8. The van der Waals surface area contributed by atoms with Crippen molar-refractivity contribution in [2.75, 3.05) is 26.2 Å². The second kappa shape index (κ2) is 21.3. The lowest BCUT2D eigenvalue weighted by Crippen LogP contribution is -2.43. The number of rotatable bonds is 23. The van der Waals surface area contributed by atoms with Crippen molar-refractivity contribution in [2.24, 2.45) is 0 Å². The number of carbonyl (C=O) groups excluding carboxylic acids is 2. The third-order valence-corrected chi connectivity index (χ3v) is 11.9. The lowest BCUT2D eigenvalue weighted by atomic mass is 10.1. The largest absolute Gasteiger partial charge is 0.343 e. The van der Waals surface area contributed by atoms with Crippen molar-refractivity contribution in [1.29, 1.82) is 0 Å². The highest BCUT2D eigenvalue weighted by Crippen LogP contribution is 2.51. The number of nitrogens with zero attached hydrogens (tertiary/aromatic N) is 2. The van der Waals surface area contributed by atoms with Gasteiger partial charge in [0.1, 0.15) is 0 Å². The van der Waals surface area contributed by atoms with E-state index in [0.29, 0.717) is 25.9 Å². The van der Waals surface area contributed by atoms with Crippen LogP contribution in [0.2, 0.25) is 0 Å². The Morgan fingerprint density at radius 1 is 0.581 bits per heavy atom. The molecule has 0 radical (unpaired) electrons. The lowest BCUT2D eigenvalue weighted by Gasteiger charge is -2.33. The SMILES string of the molecule is CCCCN(CCCC)C(=O)CCCCCCC(C(=O)N(CCCC)CCCC)P(=O)(c1ccccc1)c1ccccc1. The molecule has 0 saturated heterocycles. The Labute approximate surface area is 263 Å². The molecule has 0 aliphatic heterocycles. The van der Waals surface area contributed by atoms with Crippen molar-refractivity contribution in [2.45, 2.75) is 123 Å². The average molecular weight is 611 g/mol. The van der Waals surface area contributed by atoms with Gasteiger partial charge in [-0.3, -0.25) is 9.59 Å². The molecule has 5 nitrogen and oxygen atoms in total.